The molecule has 8 heteroatoms. The number of guanidine groups is 1. The second-order valence-electron chi connectivity index (χ2n) is 7.79. The Morgan fingerprint density at radius 1 is 1.19 bits per heavy atom. The van der Waals surface area contributed by atoms with Crippen molar-refractivity contribution in [3.05, 3.63) is 23.3 Å². The number of hydrogen-bond acceptors (Lipinski definition) is 5. The molecule has 0 spiro atoms. The molecule has 1 atom stereocenters. The van der Waals surface area contributed by atoms with Crippen molar-refractivity contribution in [2.24, 2.45) is 4.99 Å². The predicted molar refractivity (Wildman–Crippen MR) is 134 cm³/mol. The van der Waals surface area contributed by atoms with Crippen LogP contribution in [0.5, 0.6) is 11.5 Å². The summed E-state index contributed by atoms with van der Waals surface area (Å²) in [6, 6.07) is 4.19. The summed E-state index contributed by atoms with van der Waals surface area (Å²) in [7, 11) is 0. The zero-order valence-electron chi connectivity index (χ0n) is 19.1. The number of halogens is 1. The van der Waals surface area contributed by atoms with Crippen LogP contribution in [-0.4, -0.2) is 57.7 Å². The Morgan fingerprint density at radius 2 is 2.00 bits per heavy atom. The van der Waals surface area contributed by atoms with Gasteiger partial charge in [0.15, 0.2) is 5.96 Å². The van der Waals surface area contributed by atoms with Gasteiger partial charge in [-0.05, 0) is 52.2 Å². The largest absolute Gasteiger partial charge is 0.494 e. The molecule has 1 aromatic rings. The van der Waals surface area contributed by atoms with E-state index in [1.807, 2.05) is 6.92 Å². The first-order valence-electron chi connectivity index (χ1n) is 11.4. The van der Waals surface area contributed by atoms with Gasteiger partial charge in [-0.25, -0.2) is 4.99 Å². The molecule has 2 aliphatic heterocycles. The molecule has 1 unspecified atom stereocenters. The van der Waals surface area contributed by atoms with Gasteiger partial charge in [0.05, 0.1) is 19.3 Å². The lowest BCUT2D eigenvalue weighted by Gasteiger charge is -2.22. The van der Waals surface area contributed by atoms with E-state index in [4.69, 9.17) is 23.9 Å². The van der Waals surface area contributed by atoms with Crippen LogP contribution in [-0.2, 0) is 22.4 Å². The highest BCUT2D eigenvalue weighted by Crippen LogP contribution is 2.35. The van der Waals surface area contributed by atoms with Gasteiger partial charge in [0.1, 0.15) is 17.6 Å². The van der Waals surface area contributed by atoms with Crippen LogP contribution in [0, 0.1) is 0 Å². The maximum absolute atomic E-state index is 5.94. The summed E-state index contributed by atoms with van der Waals surface area (Å²) in [6.07, 6.45) is 4.44. The lowest BCUT2D eigenvalue weighted by atomic mass is 10.1. The Kier molecular flexibility index (Phi) is 11.7. The normalized spacial score (nSPS) is 18.7. The second kappa shape index (κ2) is 14.0. The minimum atomic E-state index is 0. The van der Waals surface area contributed by atoms with Crippen LogP contribution >= 0.6 is 24.0 Å². The quantitative estimate of drug-likeness (QED) is 0.202. The molecule has 0 radical (unpaired) electrons. The molecule has 2 heterocycles. The number of nitrogens with one attached hydrogen (secondary N) is 2. The standard InChI is InChI=1S/C23H37N3O4.HI/c1-4-24-23(25-9-6-10-29-20-7-11-27-12-8-20)26-16-19-15-22-18(13-17(3)30-22)14-21(19)28-5-2;/h14-15,17,20H,4-13,16H2,1-3H3,(H2,24,25,26);1H. The maximum atomic E-state index is 5.94. The summed E-state index contributed by atoms with van der Waals surface area (Å²) < 4.78 is 23.1. The van der Waals surface area contributed by atoms with Gasteiger partial charge >= 0.3 is 0 Å². The monoisotopic (exact) mass is 547 g/mol. The fraction of sp³-hybridized carbons (Fsp3) is 0.696. The van der Waals surface area contributed by atoms with Gasteiger partial charge in [-0.1, -0.05) is 0 Å². The Labute approximate surface area is 203 Å². The Morgan fingerprint density at radius 3 is 2.74 bits per heavy atom. The molecule has 0 saturated carbocycles. The van der Waals surface area contributed by atoms with Gasteiger partial charge in [-0.3, -0.25) is 0 Å². The molecular formula is C23H38IN3O4. The Hall–Kier alpha value is -1.26. The summed E-state index contributed by atoms with van der Waals surface area (Å²) in [5, 5.41) is 6.72. The minimum absolute atomic E-state index is 0. The van der Waals surface area contributed by atoms with E-state index in [2.05, 4.69) is 36.6 Å². The smallest absolute Gasteiger partial charge is 0.191 e. The molecule has 3 rings (SSSR count). The molecule has 176 valence electrons. The van der Waals surface area contributed by atoms with Crippen molar-refractivity contribution in [1.82, 2.24) is 10.6 Å². The van der Waals surface area contributed by atoms with E-state index < -0.39 is 0 Å². The summed E-state index contributed by atoms with van der Waals surface area (Å²) >= 11 is 0. The molecule has 0 aliphatic carbocycles. The van der Waals surface area contributed by atoms with Crippen molar-refractivity contribution in [2.75, 3.05) is 39.5 Å². The minimum Gasteiger partial charge on any atom is -0.494 e. The summed E-state index contributed by atoms with van der Waals surface area (Å²) in [6.45, 7) is 11.4. The molecule has 2 aliphatic rings. The highest BCUT2D eigenvalue weighted by Gasteiger charge is 2.21. The lowest BCUT2D eigenvalue weighted by molar-refractivity contribution is -0.0320. The first-order valence-corrected chi connectivity index (χ1v) is 11.4. The molecule has 2 N–H and O–H groups in total. The van der Waals surface area contributed by atoms with Gasteiger partial charge in [0.25, 0.3) is 0 Å². The third-order valence-corrected chi connectivity index (χ3v) is 5.27. The topological polar surface area (TPSA) is 73.3 Å². The van der Waals surface area contributed by atoms with Crippen LogP contribution in [0.15, 0.2) is 17.1 Å². The molecule has 31 heavy (non-hydrogen) atoms. The van der Waals surface area contributed by atoms with E-state index in [1.165, 1.54) is 5.56 Å². The zero-order chi connectivity index (χ0) is 21.2. The molecule has 7 nitrogen and oxygen atoms in total. The van der Waals surface area contributed by atoms with Crippen LogP contribution in [0.25, 0.3) is 0 Å². The van der Waals surface area contributed by atoms with Gasteiger partial charge in [0, 0.05) is 50.5 Å². The lowest BCUT2D eigenvalue weighted by Crippen LogP contribution is -2.38. The third kappa shape index (κ3) is 8.31. The molecule has 1 saturated heterocycles. The van der Waals surface area contributed by atoms with Gasteiger partial charge in [-0.15, -0.1) is 24.0 Å². The van der Waals surface area contributed by atoms with Crippen molar-refractivity contribution >= 4 is 29.9 Å². The third-order valence-electron chi connectivity index (χ3n) is 5.27. The van der Waals surface area contributed by atoms with Crippen LogP contribution in [0.2, 0.25) is 0 Å². The van der Waals surface area contributed by atoms with E-state index in [1.54, 1.807) is 0 Å². The van der Waals surface area contributed by atoms with Crippen molar-refractivity contribution in [1.29, 1.82) is 0 Å². The molecular weight excluding hydrogens is 509 g/mol. The molecule has 0 amide bonds. The first-order chi connectivity index (χ1) is 14.7. The highest BCUT2D eigenvalue weighted by atomic mass is 127. The summed E-state index contributed by atoms with van der Waals surface area (Å²) in [4.78, 5) is 4.76. The van der Waals surface area contributed by atoms with Gasteiger partial charge in [-0.2, -0.15) is 0 Å². The average molecular weight is 547 g/mol. The van der Waals surface area contributed by atoms with Crippen LogP contribution in [0.1, 0.15) is 51.2 Å². The second-order valence-corrected chi connectivity index (χ2v) is 7.79. The summed E-state index contributed by atoms with van der Waals surface area (Å²) in [5.41, 5.74) is 2.26. The maximum Gasteiger partial charge on any atom is 0.191 e. The van der Waals surface area contributed by atoms with Crippen molar-refractivity contribution in [2.45, 2.75) is 65.2 Å². The first kappa shape index (κ1) is 26.0. The van der Waals surface area contributed by atoms with E-state index in [0.717, 1.165) is 81.6 Å². The molecule has 1 fully saturated rings. The number of ether oxygens (including phenoxy) is 4. The number of hydrogen-bond donors (Lipinski definition) is 2. The molecule has 0 aromatic heterocycles. The average Bonchev–Trinajstić information content (AvgIpc) is 3.11. The zero-order valence-corrected chi connectivity index (χ0v) is 21.4. The van der Waals surface area contributed by atoms with E-state index in [9.17, 15) is 0 Å². The SMILES string of the molecule is CCNC(=NCc1cc2c(cc1OCC)CC(C)O2)NCCCOC1CCOCC1.I. The van der Waals surface area contributed by atoms with Crippen molar-refractivity contribution in [3.63, 3.8) is 0 Å². The fourth-order valence-electron chi connectivity index (χ4n) is 3.77. The number of nitrogens with zero attached hydrogens (tertiary/aromatic N) is 1. The number of benzene rings is 1. The number of rotatable bonds is 10. The summed E-state index contributed by atoms with van der Waals surface area (Å²) in [5.74, 6) is 2.67. The number of aliphatic imine (C=N–C) groups is 1. The van der Waals surface area contributed by atoms with Crippen molar-refractivity contribution < 1.29 is 18.9 Å². The van der Waals surface area contributed by atoms with Gasteiger partial charge < -0.3 is 29.6 Å². The number of fused-ring (bicyclic) bond motifs is 1. The predicted octanol–water partition coefficient (Wildman–Crippen LogP) is 3.67. The van der Waals surface area contributed by atoms with Gasteiger partial charge in [0.2, 0.25) is 0 Å². The van der Waals surface area contributed by atoms with E-state index >= 15 is 0 Å². The fourth-order valence-corrected chi connectivity index (χ4v) is 3.77. The van der Waals surface area contributed by atoms with Crippen LogP contribution < -0.4 is 20.1 Å². The van der Waals surface area contributed by atoms with E-state index in [0.29, 0.717) is 19.3 Å². The van der Waals surface area contributed by atoms with Crippen molar-refractivity contribution in [3.8, 4) is 11.5 Å². The molecule has 0 bridgehead atoms. The Bertz CT molecular complexity index is 696. The molecule has 1 aromatic carbocycles. The van der Waals surface area contributed by atoms with E-state index in [-0.39, 0.29) is 30.1 Å². The highest BCUT2D eigenvalue weighted by molar-refractivity contribution is 14.0. The Balaban J connectivity index is 0.00000341. The van der Waals surface area contributed by atoms with Crippen LogP contribution in [0.3, 0.4) is 0 Å². The van der Waals surface area contributed by atoms with Crippen LogP contribution in [0.4, 0.5) is 0 Å².